The molecule has 0 bridgehead atoms. The minimum absolute atomic E-state index is 0. The quantitative estimate of drug-likeness (QED) is 0.0830. The number of benzene rings is 4. The number of pyridine rings is 4. The molecule has 1 amide bonds. The molecule has 14 heterocycles. The third-order valence-corrected chi connectivity index (χ3v) is 23.2. The summed E-state index contributed by atoms with van der Waals surface area (Å²) in [6.07, 6.45) is 39.6. The van der Waals surface area contributed by atoms with Gasteiger partial charge in [-0.2, -0.15) is 10.2 Å². The first-order valence-electron chi connectivity index (χ1n) is 37.9. The van der Waals surface area contributed by atoms with Crippen molar-refractivity contribution in [2.24, 2.45) is 12.8 Å². The molecule has 4 aliphatic heterocycles. The van der Waals surface area contributed by atoms with E-state index in [9.17, 15) is 4.79 Å². The van der Waals surface area contributed by atoms with E-state index in [1.54, 1.807) is 0 Å². The Morgan fingerprint density at radius 1 is 0.436 bits per heavy atom. The van der Waals surface area contributed by atoms with E-state index < -0.39 is 0 Å². The van der Waals surface area contributed by atoms with Crippen LogP contribution < -0.4 is 5.73 Å². The lowest BCUT2D eigenvalue weighted by Crippen LogP contribution is -2.38. The molecule has 10 aromatic heterocycles. The number of hydrogen-bond acceptors (Lipinski definition) is 12. The summed E-state index contributed by atoms with van der Waals surface area (Å²) >= 11 is 24.2. The SMILES string of the molecule is Cl.Clc1ccc(-n2cc(C3CCN(Cc4ccn[nH]4)CC3)c3ccncc32)cc1.Cn1cc(CN2CCC(c3cn(-c4ccc(Cl)cc4)c4cnccc34)CC2)cn1.NCCC(=O)N1CCC(c2cn(-c3ccc(Cl)cc3)c3cnccc23)CC1.OCCN1CCC(c2cn(-c3ccc(Cl)cc3)c3cnccc23)CC1. The summed E-state index contributed by atoms with van der Waals surface area (Å²) in [5.74, 6) is 2.29. The Bertz CT molecular complexity index is 5300. The highest BCUT2D eigenvalue weighted by Gasteiger charge is 2.30. The molecule has 14 aromatic rings. The minimum Gasteiger partial charge on any atom is -0.395 e. The van der Waals surface area contributed by atoms with E-state index in [1.165, 1.54) is 67.9 Å². The van der Waals surface area contributed by atoms with Gasteiger partial charge in [0.25, 0.3) is 0 Å². The molecule has 0 saturated carbocycles. The molecule has 4 aromatic carbocycles. The second-order valence-corrected chi connectivity index (χ2v) is 30.8. The van der Waals surface area contributed by atoms with Crippen LogP contribution in [0.2, 0.25) is 20.1 Å². The number of nitrogens with zero attached hydrogens (tertiary/aromatic N) is 15. The van der Waals surface area contributed by atoms with Crippen molar-refractivity contribution in [3.8, 4) is 22.7 Å². The van der Waals surface area contributed by atoms with Crippen LogP contribution in [0.4, 0.5) is 0 Å². The number of β-amino-alcohol motifs (C(OH)–C–C–N with tert-alkyl or cyclic N) is 1. The Balaban J connectivity index is 0.000000122. The number of aryl methyl sites for hydroxylation is 1. The molecule has 0 unspecified atom stereocenters. The second kappa shape index (κ2) is 36.3. The fraction of sp³-hybridized carbons (Fsp3) is 0.314. The summed E-state index contributed by atoms with van der Waals surface area (Å²) in [5.41, 5.74) is 22.5. The first-order valence-corrected chi connectivity index (χ1v) is 39.4. The molecule has 0 aliphatic carbocycles. The maximum Gasteiger partial charge on any atom is 0.223 e. The first kappa shape index (κ1) is 77.5. The fourth-order valence-electron chi connectivity index (χ4n) is 16.5. The van der Waals surface area contributed by atoms with Crippen LogP contribution in [-0.4, -0.2) is 161 Å². The minimum atomic E-state index is 0. The topological polar surface area (TPSA) is 194 Å². The highest BCUT2D eigenvalue weighted by molar-refractivity contribution is 6.31. The van der Waals surface area contributed by atoms with Crippen LogP contribution in [0, 0.1) is 0 Å². The maximum atomic E-state index is 12.1. The predicted molar refractivity (Wildman–Crippen MR) is 446 cm³/mol. The summed E-state index contributed by atoms with van der Waals surface area (Å²) < 4.78 is 10.8. The number of hydrogen-bond donors (Lipinski definition) is 3. The molecule has 24 heteroatoms. The van der Waals surface area contributed by atoms with Gasteiger partial charge in [0.1, 0.15) is 0 Å². The molecule has 18 rings (SSSR count). The van der Waals surface area contributed by atoms with Gasteiger partial charge in [0.15, 0.2) is 0 Å². The summed E-state index contributed by atoms with van der Waals surface area (Å²) in [6.45, 7) is 11.5. The van der Waals surface area contributed by atoms with Crippen LogP contribution in [0.1, 0.15) is 115 Å². The largest absolute Gasteiger partial charge is 0.395 e. The molecular weight excluding hydrogens is 1480 g/mol. The van der Waals surface area contributed by atoms with E-state index in [0.717, 1.165) is 175 Å². The molecular formula is C86H92Cl5N17O2. The Kier molecular flexibility index (Phi) is 25.6. The Labute approximate surface area is 667 Å². The second-order valence-electron chi connectivity index (χ2n) is 29.0. The zero-order chi connectivity index (χ0) is 74.7. The van der Waals surface area contributed by atoms with Gasteiger partial charge in [0.05, 0.1) is 59.7 Å². The Hall–Kier alpha value is -9.22. The fourth-order valence-corrected chi connectivity index (χ4v) is 17.0. The van der Waals surface area contributed by atoms with Gasteiger partial charge in [-0.1, -0.05) is 46.4 Å². The lowest BCUT2D eigenvalue weighted by atomic mass is 9.89. The van der Waals surface area contributed by atoms with Crippen molar-refractivity contribution in [2.75, 3.05) is 72.1 Å². The van der Waals surface area contributed by atoms with Gasteiger partial charge in [-0.15, -0.1) is 12.4 Å². The smallest absolute Gasteiger partial charge is 0.223 e. The van der Waals surface area contributed by atoms with Crippen LogP contribution in [0.25, 0.3) is 66.4 Å². The van der Waals surface area contributed by atoms with Crippen molar-refractivity contribution in [3.63, 3.8) is 0 Å². The lowest BCUT2D eigenvalue weighted by molar-refractivity contribution is -0.132. The zero-order valence-corrected chi connectivity index (χ0v) is 65.6. The van der Waals surface area contributed by atoms with Crippen LogP contribution in [0.5, 0.6) is 0 Å². The van der Waals surface area contributed by atoms with E-state index in [0.29, 0.717) is 36.6 Å². The number of halogens is 5. The van der Waals surface area contributed by atoms with Crippen molar-refractivity contribution in [2.45, 2.75) is 94.5 Å². The zero-order valence-electron chi connectivity index (χ0n) is 61.7. The van der Waals surface area contributed by atoms with Crippen LogP contribution >= 0.6 is 58.8 Å². The number of carbonyl (C=O) groups excluding carboxylic acids is 1. The van der Waals surface area contributed by atoms with Crippen molar-refractivity contribution in [3.05, 3.63) is 274 Å². The number of rotatable bonds is 16. The highest BCUT2D eigenvalue weighted by atomic mass is 35.5. The Morgan fingerprint density at radius 3 is 1.08 bits per heavy atom. The van der Waals surface area contributed by atoms with Gasteiger partial charge in [0.2, 0.25) is 5.91 Å². The number of piperidine rings is 4. The average Bonchev–Trinajstić information content (AvgIpc) is 1.64. The highest BCUT2D eigenvalue weighted by Crippen LogP contribution is 2.41. The number of aromatic amines is 1. The molecule has 0 atom stereocenters. The van der Waals surface area contributed by atoms with E-state index in [-0.39, 0.29) is 24.9 Å². The van der Waals surface area contributed by atoms with Crippen molar-refractivity contribution in [1.29, 1.82) is 0 Å². The molecule has 0 spiro atoms. The molecule has 110 heavy (non-hydrogen) atoms. The van der Waals surface area contributed by atoms with Crippen molar-refractivity contribution < 1.29 is 9.90 Å². The molecule has 19 nitrogen and oxygen atoms in total. The number of likely N-dealkylation sites (tertiary alicyclic amines) is 4. The number of aliphatic hydroxyl groups is 1. The summed E-state index contributed by atoms with van der Waals surface area (Å²) in [7, 11) is 1.97. The first-order chi connectivity index (χ1) is 53.4. The van der Waals surface area contributed by atoms with Gasteiger partial charge in [0, 0.05) is 190 Å². The summed E-state index contributed by atoms with van der Waals surface area (Å²) in [4.78, 5) is 38.8. The molecule has 4 N–H and O–H groups in total. The number of aliphatic hydroxyl groups excluding tert-OH is 1. The van der Waals surface area contributed by atoms with E-state index in [4.69, 9.17) is 57.2 Å². The molecule has 4 fully saturated rings. The predicted octanol–water partition coefficient (Wildman–Crippen LogP) is 17.6. The molecule has 4 aliphatic rings. The van der Waals surface area contributed by atoms with Crippen LogP contribution in [-0.2, 0) is 24.9 Å². The van der Waals surface area contributed by atoms with Crippen molar-refractivity contribution in [1.82, 2.24) is 77.8 Å². The number of nitrogens with two attached hydrogens (primary N) is 1. The Morgan fingerprint density at radius 2 is 0.773 bits per heavy atom. The average molecular weight is 1570 g/mol. The lowest BCUT2D eigenvalue weighted by Gasteiger charge is -2.32. The van der Waals surface area contributed by atoms with E-state index in [1.807, 2.05) is 151 Å². The summed E-state index contributed by atoms with van der Waals surface area (Å²) in [6, 6.07) is 42.3. The van der Waals surface area contributed by atoms with Crippen molar-refractivity contribution >= 4 is 108 Å². The number of aromatic nitrogens is 12. The standard InChI is InChI=1S/C23H24ClN5.C22H22ClN5.C21H23ClN4O.C20H22ClN3O.ClH/c1-27-14-17(12-26-27)15-28-10-7-18(8-11-28)22-16-29(20-4-2-19(24)3-5-20)23-13-25-9-6-21(22)23;23-17-1-3-19(4-2-17)28-15-21(20-6-9-24-13-22(20)28)16-7-11-27(12-8-16)14-18-5-10-25-26-18;22-16-1-3-17(4-2-16)26-14-19(18-6-10-24-13-20(18)26)15-7-11-25(12-8-15)21(27)5-9-23;21-16-1-3-17(4-2-16)24-14-19(18-5-8-22-13-20(18)24)15-6-9-23(10-7-15)11-12-25;/h2-6,9,12-14,16,18H,7-8,10-11,15H2,1H3;1-6,9-10,13,15-16H,7-8,11-12,14H2,(H,25,26);1-4,6,10,13-15H,5,7-9,11-12,23H2;1-5,8,13-15,25H,6-7,9-12H2;1H. The number of nitrogens with one attached hydrogen (secondary N) is 1. The third kappa shape index (κ3) is 18.0. The van der Waals surface area contributed by atoms with Gasteiger partial charge in [-0.3, -0.25) is 44.3 Å². The molecule has 0 radical (unpaired) electrons. The number of fused-ring (bicyclic) bond motifs is 4. The maximum absolute atomic E-state index is 12.1. The van der Waals surface area contributed by atoms with Crippen LogP contribution in [0.3, 0.4) is 0 Å². The van der Waals surface area contributed by atoms with Gasteiger partial charge >= 0.3 is 0 Å². The normalized spacial score (nSPS) is 15.8. The van der Waals surface area contributed by atoms with E-state index >= 15 is 0 Å². The molecule has 4 saturated heterocycles. The number of carbonyl (C=O) groups is 1. The number of H-pyrrole nitrogens is 1. The third-order valence-electron chi connectivity index (χ3n) is 22.2. The summed E-state index contributed by atoms with van der Waals surface area (Å²) in [5, 5.41) is 28.6. The van der Waals surface area contributed by atoms with E-state index in [2.05, 4.69) is 154 Å². The van der Waals surface area contributed by atoms with Gasteiger partial charge in [-0.05, 0) is 264 Å². The number of amides is 1. The molecule has 568 valence electrons. The monoisotopic (exact) mass is 1570 g/mol. The van der Waals surface area contributed by atoms with Gasteiger partial charge in [-0.25, -0.2) is 0 Å². The van der Waals surface area contributed by atoms with Crippen LogP contribution in [0.15, 0.2) is 220 Å². The van der Waals surface area contributed by atoms with Gasteiger partial charge < -0.3 is 38.9 Å².